The van der Waals surface area contributed by atoms with E-state index in [0.29, 0.717) is 0 Å². The van der Waals surface area contributed by atoms with Crippen LogP contribution in [0, 0.1) is 12.7 Å². The molecule has 0 aliphatic heterocycles. The lowest BCUT2D eigenvalue weighted by molar-refractivity contribution is -0.143. The van der Waals surface area contributed by atoms with Gasteiger partial charge >= 0.3 is 5.97 Å². The van der Waals surface area contributed by atoms with Crippen molar-refractivity contribution in [3.05, 3.63) is 29.6 Å². The zero-order valence-electron chi connectivity index (χ0n) is 10.4. The molecule has 0 saturated carbocycles. The van der Waals surface area contributed by atoms with Crippen LogP contribution in [0.15, 0.2) is 23.1 Å². The van der Waals surface area contributed by atoms with Gasteiger partial charge in [0, 0.05) is 0 Å². The number of carbonyl (C=O) groups is 1. The second kappa shape index (κ2) is 6.09. The van der Waals surface area contributed by atoms with Gasteiger partial charge in [-0.15, -0.1) is 0 Å². The van der Waals surface area contributed by atoms with E-state index in [4.69, 9.17) is 5.11 Å². The van der Waals surface area contributed by atoms with Gasteiger partial charge in [0.2, 0.25) is 10.0 Å². The molecular formula is C11H14FNO5S. The largest absolute Gasteiger partial charge is 0.468 e. The summed E-state index contributed by atoms with van der Waals surface area (Å²) in [5.41, 5.74) is 0.189. The highest BCUT2D eigenvalue weighted by molar-refractivity contribution is 7.89. The lowest BCUT2D eigenvalue weighted by Crippen LogP contribution is -2.44. The van der Waals surface area contributed by atoms with E-state index in [9.17, 15) is 17.6 Å². The highest BCUT2D eigenvalue weighted by Crippen LogP contribution is 2.16. The topological polar surface area (TPSA) is 92.7 Å². The molecule has 0 aromatic heterocycles. The molecule has 2 N–H and O–H groups in total. The number of sulfonamides is 1. The first-order valence-corrected chi connectivity index (χ1v) is 6.77. The number of esters is 1. The van der Waals surface area contributed by atoms with Gasteiger partial charge in [0.25, 0.3) is 0 Å². The van der Waals surface area contributed by atoms with E-state index in [1.54, 1.807) is 0 Å². The van der Waals surface area contributed by atoms with Gasteiger partial charge in [-0.25, -0.2) is 12.8 Å². The summed E-state index contributed by atoms with van der Waals surface area (Å²) in [5.74, 6) is -1.48. The minimum atomic E-state index is -4.05. The maximum atomic E-state index is 12.9. The molecule has 0 bridgehead atoms. The van der Waals surface area contributed by atoms with E-state index < -0.39 is 34.5 Å². The van der Waals surface area contributed by atoms with Crippen LogP contribution in [-0.2, 0) is 19.6 Å². The molecule has 0 spiro atoms. The summed E-state index contributed by atoms with van der Waals surface area (Å²) in [6.07, 6.45) is 0. The van der Waals surface area contributed by atoms with Crippen LogP contribution in [0.25, 0.3) is 0 Å². The van der Waals surface area contributed by atoms with Gasteiger partial charge < -0.3 is 9.84 Å². The van der Waals surface area contributed by atoms with Crippen molar-refractivity contribution in [1.82, 2.24) is 4.72 Å². The van der Waals surface area contributed by atoms with Crippen molar-refractivity contribution in [2.75, 3.05) is 13.7 Å². The SMILES string of the molecule is COC(=O)C(CO)NS(=O)(=O)c1ccc(F)cc1C. The standard InChI is InChI=1S/C11H14FNO5S/c1-7-5-8(12)3-4-10(7)19(16,17)13-9(6-14)11(15)18-2/h3-5,9,13-14H,6H2,1-2H3. The van der Waals surface area contributed by atoms with E-state index in [1.165, 1.54) is 6.92 Å². The summed E-state index contributed by atoms with van der Waals surface area (Å²) in [6, 6.07) is 1.73. The normalized spacial score (nSPS) is 13.1. The molecule has 6 nitrogen and oxygen atoms in total. The fourth-order valence-corrected chi connectivity index (χ4v) is 2.87. The lowest BCUT2D eigenvalue weighted by atomic mass is 10.2. The number of nitrogens with one attached hydrogen (secondary N) is 1. The number of carbonyl (C=O) groups excluding carboxylic acids is 1. The molecule has 1 aromatic carbocycles. The Hall–Kier alpha value is -1.51. The molecule has 0 heterocycles. The van der Waals surface area contributed by atoms with Crippen LogP contribution in [-0.4, -0.2) is 39.3 Å². The smallest absolute Gasteiger partial charge is 0.326 e. The molecule has 19 heavy (non-hydrogen) atoms. The van der Waals surface area contributed by atoms with Crippen molar-refractivity contribution >= 4 is 16.0 Å². The Balaban J connectivity index is 3.07. The van der Waals surface area contributed by atoms with E-state index in [2.05, 4.69) is 4.74 Å². The molecule has 1 rings (SSSR count). The second-order valence-electron chi connectivity index (χ2n) is 3.79. The minimum Gasteiger partial charge on any atom is -0.468 e. The van der Waals surface area contributed by atoms with Gasteiger partial charge in [0.15, 0.2) is 0 Å². The quantitative estimate of drug-likeness (QED) is 0.742. The van der Waals surface area contributed by atoms with E-state index >= 15 is 0 Å². The molecule has 0 saturated heterocycles. The van der Waals surface area contributed by atoms with E-state index in [1.807, 2.05) is 4.72 Å². The molecule has 1 aromatic rings. The van der Waals surface area contributed by atoms with Gasteiger partial charge in [0.1, 0.15) is 11.9 Å². The summed E-state index contributed by atoms with van der Waals surface area (Å²) in [5, 5.41) is 8.96. The van der Waals surface area contributed by atoms with Crippen molar-refractivity contribution in [1.29, 1.82) is 0 Å². The number of aliphatic hydroxyl groups is 1. The molecule has 1 unspecified atom stereocenters. The first-order chi connectivity index (χ1) is 8.81. The van der Waals surface area contributed by atoms with Crippen molar-refractivity contribution in [3.8, 4) is 0 Å². The van der Waals surface area contributed by atoms with E-state index in [0.717, 1.165) is 25.3 Å². The van der Waals surface area contributed by atoms with Crippen molar-refractivity contribution < 1.29 is 27.4 Å². The summed E-state index contributed by atoms with van der Waals surface area (Å²) in [4.78, 5) is 11.1. The number of aryl methyl sites for hydroxylation is 1. The Labute approximate surface area is 110 Å². The maximum absolute atomic E-state index is 12.9. The van der Waals surface area contributed by atoms with Crippen molar-refractivity contribution in [2.24, 2.45) is 0 Å². The van der Waals surface area contributed by atoms with E-state index in [-0.39, 0.29) is 10.5 Å². The van der Waals surface area contributed by atoms with Crippen LogP contribution < -0.4 is 4.72 Å². The van der Waals surface area contributed by atoms with Crippen LogP contribution in [0.1, 0.15) is 5.56 Å². The fourth-order valence-electron chi connectivity index (χ4n) is 1.47. The molecule has 0 aliphatic rings. The average molecular weight is 291 g/mol. The molecule has 1 atom stereocenters. The molecular weight excluding hydrogens is 277 g/mol. The van der Waals surface area contributed by atoms with Gasteiger partial charge in [-0.05, 0) is 30.7 Å². The van der Waals surface area contributed by atoms with Gasteiger partial charge in [-0.1, -0.05) is 0 Å². The van der Waals surface area contributed by atoms with Crippen LogP contribution in [0.5, 0.6) is 0 Å². The number of halogens is 1. The lowest BCUT2D eigenvalue weighted by Gasteiger charge is -2.15. The second-order valence-corrected chi connectivity index (χ2v) is 5.47. The predicted octanol–water partition coefficient (Wildman–Crippen LogP) is -0.0537. The number of hydrogen-bond donors (Lipinski definition) is 2. The number of methoxy groups -OCH3 is 1. The molecule has 8 heteroatoms. The average Bonchev–Trinajstić information content (AvgIpc) is 2.34. The van der Waals surface area contributed by atoms with Gasteiger partial charge in [-0.2, -0.15) is 4.72 Å². The third kappa shape index (κ3) is 3.72. The van der Waals surface area contributed by atoms with Crippen molar-refractivity contribution in [3.63, 3.8) is 0 Å². The number of benzene rings is 1. The third-order valence-corrected chi connectivity index (χ3v) is 4.02. The number of ether oxygens (including phenoxy) is 1. The van der Waals surface area contributed by atoms with Crippen LogP contribution in [0.2, 0.25) is 0 Å². The Morgan fingerprint density at radius 2 is 2.16 bits per heavy atom. The molecule has 106 valence electrons. The maximum Gasteiger partial charge on any atom is 0.326 e. The number of rotatable bonds is 5. The van der Waals surface area contributed by atoms with Gasteiger partial charge in [-0.3, -0.25) is 4.79 Å². The minimum absolute atomic E-state index is 0.170. The zero-order valence-corrected chi connectivity index (χ0v) is 11.2. The first-order valence-electron chi connectivity index (χ1n) is 5.29. The molecule has 0 amide bonds. The summed E-state index contributed by atoms with van der Waals surface area (Å²) < 4.78 is 43.3. The highest BCUT2D eigenvalue weighted by Gasteiger charge is 2.26. The fraction of sp³-hybridized carbons (Fsp3) is 0.364. The van der Waals surface area contributed by atoms with Gasteiger partial charge in [0.05, 0.1) is 18.6 Å². The highest BCUT2D eigenvalue weighted by atomic mass is 32.2. The Bertz CT molecular complexity index is 572. The molecule has 0 fully saturated rings. The van der Waals surface area contributed by atoms with Crippen molar-refractivity contribution in [2.45, 2.75) is 17.9 Å². The number of hydrogen-bond acceptors (Lipinski definition) is 5. The molecule has 0 aliphatic carbocycles. The zero-order chi connectivity index (χ0) is 14.6. The summed E-state index contributed by atoms with van der Waals surface area (Å²) in [7, 11) is -2.98. The summed E-state index contributed by atoms with van der Waals surface area (Å²) in [6.45, 7) is 0.676. The Kier molecular flexibility index (Phi) is 4.98. The van der Waals surface area contributed by atoms with Crippen LogP contribution in [0.3, 0.4) is 0 Å². The summed E-state index contributed by atoms with van der Waals surface area (Å²) >= 11 is 0. The predicted molar refractivity (Wildman–Crippen MR) is 64.3 cm³/mol. The Morgan fingerprint density at radius 1 is 1.53 bits per heavy atom. The number of aliphatic hydroxyl groups excluding tert-OH is 1. The molecule has 0 radical (unpaired) electrons. The van der Waals surface area contributed by atoms with Crippen LogP contribution >= 0.6 is 0 Å². The first kappa shape index (κ1) is 15.5. The Morgan fingerprint density at radius 3 is 2.63 bits per heavy atom. The monoisotopic (exact) mass is 291 g/mol. The third-order valence-electron chi connectivity index (χ3n) is 2.39. The van der Waals surface area contributed by atoms with Crippen LogP contribution in [0.4, 0.5) is 4.39 Å².